The fourth-order valence-corrected chi connectivity index (χ4v) is 4.10. The molecule has 31 heavy (non-hydrogen) atoms. The summed E-state index contributed by atoms with van der Waals surface area (Å²) >= 11 is 0. The Labute approximate surface area is 182 Å². The van der Waals surface area contributed by atoms with E-state index < -0.39 is 6.17 Å². The number of hydrogen-bond donors (Lipinski definition) is 1. The Morgan fingerprint density at radius 3 is 2.52 bits per heavy atom. The summed E-state index contributed by atoms with van der Waals surface area (Å²) in [7, 11) is 0.500. The first-order valence-corrected chi connectivity index (χ1v) is 10.6. The molecule has 168 valence electrons. The molecular formula is C24H31F2N3O2. The molecular weight excluding hydrogens is 400 g/mol. The average molecular weight is 432 g/mol. The van der Waals surface area contributed by atoms with E-state index in [4.69, 9.17) is 4.74 Å². The van der Waals surface area contributed by atoms with Gasteiger partial charge >= 0.3 is 0 Å². The molecule has 2 aliphatic heterocycles. The highest BCUT2D eigenvalue weighted by Crippen LogP contribution is 2.41. The molecule has 0 saturated carbocycles. The highest BCUT2D eigenvalue weighted by molar-refractivity contribution is 5.85. The minimum absolute atomic E-state index is 0.139. The number of alkyl halides is 2. The van der Waals surface area contributed by atoms with E-state index in [1.807, 2.05) is 43.0 Å². The summed E-state index contributed by atoms with van der Waals surface area (Å²) in [6.45, 7) is 8.10. The molecule has 3 heterocycles. The molecule has 0 spiro atoms. The molecule has 1 amide bonds. The number of aromatic nitrogens is 1. The molecule has 1 aromatic carbocycles. The van der Waals surface area contributed by atoms with Gasteiger partial charge < -0.3 is 15.0 Å². The first-order valence-electron chi connectivity index (χ1n) is 10.6. The number of anilines is 1. The summed E-state index contributed by atoms with van der Waals surface area (Å²) in [5.41, 5.74) is 3.65. The van der Waals surface area contributed by atoms with E-state index >= 15 is 0 Å². The number of hydrogen-bond acceptors (Lipinski definition) is 4. The van der Waals surface area contributed by atoms with Crippen molar-refractivity contribution < 1.29 is 18.3 Å². The van der Waals surface area contributed by atoms with Crippen LogP contribution in [-0.4, -0.2) is 43.9 Å². The van der Waals surface area contributed by atoms with Gasteiger partial charge in [-0.15, -0.1) is 0 Å². The van der Waals surface area contributed by atoms with Gasteiger partial charge in [-0.25, -0.2) is 9.37 Å². The predicted octanol–water partition coefficient (Wildman–Crippen LogP) is 4.34. The largest absolute Gasteiger partial charge is 0.473 e. The van der Waals surface area contributed by atoms with Crippen LogP contribution in [0.15, 0.2) is 36.4 Å². The lowest BCUT2D eigenvalue weighted by molar-refractivity contribution is -0.127. The molecule has 1 unspecified atom stereocenters. The van der Waals surface area contributed by atoms with Crippen molar-refractivity contribution in [2.75, 3.05) is 31.7 Å². The van der Waals surface area contributed by atoms with Crippen molar-refractivity contribution in [3.63, 3.8) is 0 Å². The van der Waals surface area contributed by atoms with Gasteiger partial charge in [0.05, 0.1) is 25.7 Å². The number of amides is 1. The van der Waals surface area contributed by atoms with Crippen LogP contribution in [0.2, 0.25) is 0 Å². The van der Waals surface area contributed by atoms with Crippen LogP contribution in [-0.2, 0) is 11.4 Å². The first-order chi connectivity index (χ1) is 14.8. The summed E-state index contributed by atoms with van der Waals surface area (Å²) in [5.74, 6) is 0.840. The maximum Gasteiger partial charge on any atom is 0.226 e. The Kier molecular flexibility index (Phi) is 7.13. The van der Waals surface area contributed by atoms with E-state index in [9.17, 15) is 13.6 Å². The van der Waals surface area contributed by atoms with Gasteiger partial charge in [-0.3, -0.25) is 9.18 Å². The second-order valence-corrected chi connectivity index (χ2v) is 8.48. The average Bonchev–Trinajstić information content (AvgIpc) is 3.10. The fraction of sp³-hybridized carbons (Fsp3) is 0.500. The minimum atomic E-state index is -0.744. The molecule has 2 aliphatic rings. The number of aryl methyl sites for hydroxylation is 1. The number of nitrogens with one attached hydrogen (secondary N) is 1. The van der Waals surface area contributed by atoms with E-state index in [1.54, 1.807) is 0 Å². The molecule has 0 bridgehead atoms. The van der Waals surface area contributed by atoms with Gasteiger partial charge in [0.1, 0.15) is 12.8 Å². The number of benzene rings is 1. The SMILES string of the molecule is CF.Cc1cc(N2CC(F)C2)cc(OCc2ccc(C(C)[C@]3(C)CCNC3=O)cc2)n1. The van der Waals surface area contributed by atoms with E-state index in [0.717, 1.165) is 35.5 Å². The van der Waals surface area contributed by atoms with Crippen molar-refractivity contribution in [1.29, 1.82) is 0 Å². The number of pyridine rings is 1. The van der Waals surface area contributed by atoms with Crippen LogP contribution in [0.1, 0.15) is 43.0 Å². The standard InChI is InChI=1S/C23H28FN3O2.CH3F/c1-15-10-20(27-12-19(24)13-27)11-21(26-15)29-14-17-4-6-18(7-5-17)16(2)23(3)8-9-25-22(23)28;1-2/h4-7,10-11,16,19H,8-9,12-14H2,1-3H3,(H,25,28);1H3/t16?,23-;/m0./s1. The number of carbonyl (C=O) groups is 1. The number of nitrogens with zero attached hydrogens (tertiary/aromatic N) is 2. The Morgan fingerprint density at radius 1 is 1.26 bits per heavy atom. The van der Waals surface area contributed by atoms with E-state index in [0.29, 0.717) is 32.8 Å². The van der Waals surface area contributed by atoms with Gasteiger partial charge in [-0.1, -0.05) is 38.1 Å². The zero-order chi connectivity index (χ0) is 22.6. The van der Waals surface area contributed by atoms with Gasteiger partial charge in [0.15, 0.2) is 0 Å². The van der Waals surface area contributed by atoms with Crippen LogP contribution in [0.3, 0.4) is 0 Å². The number of carbonyl (C=O) groups excluding carboxylic acids is 1. The monoisotopic (exact) mass is 431 g/mol. The molecule has 0 radical (unpaired) electrons. The van der Waals surface area contributed by atoms with Crippen molar-refractivity contribution in [2.45, 2.75) is 45.9 Å². The third-order valence-electron chi connectivity index (χ3n) is 6.39. The second-order valence-electron chi connectivity index (χ2n) is 8.48. The summed E-state index contributed by atoms with van der Waals surface area (Å²) < 4.78 is 28.5. The maximum atomic E-state index is 13.1. The first kappa shape index (κ1) is 23.0. The van der Waals surface area contributed by atoms with E-state index in [-0.39, 0.29) is 17.2 Å². The van der Waals surface area contributed by atoms with Crippen molar-refractivity contribution in [3.05, 3.63) is 53.2 Å². The van der Waals surface area contributed by atoms with Gasteiger partial charge in [-0.05, 0) is 36.5 Å². The summed E-state index contributed by atoms with van der Waals surface area (Å²) in [5, 5.41) is 2.95. The van der Waals surface area contributed by atoms with Gasteiger partial charge in [0.25, 0.3) is 0 Å². The summed E-state index contributed by atoms with van der Waals surface area (Å²) in [4.78, 5) is 18.6. The Balaban J connectivity index is 0.00000132. The van der Waals surface area contributed by atoms with Crippen LogP contribution < -0.4 is 15.0 Å². The lowest BCUT2D eigenvalue weighted by Crippen LogP contribution is -2.48. The molecule has 0 aliphatic carbocycles. The summed E-state index contributed by atoms with van der Waals surface area (Å²) in [6, 6.07) is 12.1. The van der Waals surface area contributed by atoms with Crippen molar-refractivity contribution in [3.8, 4) is 5.88 Å². The van der Waals surface area contributed by atoms with Crippen LogP contribution in [0.5, 0.6) is 5.88 Å². The third-order valence-corrected chi connectivity index (χ3v) is 6.39. The zero-order valence-electron chi connectivity index (χ0n) is 18.6. The highest BCUT2D eigenvalue weighted by Gasteiger charge is 2.42. The van der Waals surface area contributed by atoms with E-state index in [2.05, 4.69) is 29.4 Å². The number of ether oxygens (including phenoxy) is 1. The molecule has 5 nitrogen and oxygen atoms in total. The molecule has 4 rings (SSSR count). The fourth-order valence-electron chi connectivity index (χ4n) is 4.10. The highest BCUT2D eigenvalue weighted by atomic mass is 19.1. The van der Waals surface area contributed by atoms with Gasteiger partial charge in [0, 0.05) is 24.0 Å². The smallest absolute Gasteiger partial charge is 0.226 e. The molecule has 7 heteroatoms. The normalized spacial score (nSPS) is 21.6. The molecule has 2 fully saturated rings. The van der Waals surface area contributed by atoms with Crippen LogP contribution >= 0.6 is 0 Å². The Morgan fingerprint density at radius 2 is 1.94 bits per heavy atom. The lowest BCUT2D eigenvalue weighted by atomic mass is 9.73. The lowest BCUT2D eigenvalue weighted by Gasteiger charge is -2.36. The van der Waals surface area contributed by atoms with Gasteiger partial charge in [-0.2, -0.15) is 0 Å². The third kappa shape index (κ3) is 4.97. The van der Waals surface area contributed by atoms with Crippen LogP contribution in [0, 0.1) is 12.3 Å². The molecule has 2 atom stereocenters. The molecule has 1 aromatic heterocycles. The Hall–Kier alpha value is -2.70. The second kappa shape index (κ2) is 9.62. The van der Waals surface area contributed by atoms with Crippen LogP contribution in [0.25, 0.3) is 0 Å². The topological polar surface area (TPSA) is 54.5 Å². The molecule has 2 aromatic rings. The van der Waals surface area contributed by atoms with Crippen molar-refractivity contribution >= 4 is 11.6 Å². The number of halogens is 2. The quantitative estimate of drug-likeness (QED) is 0.739. The zero-order valence-corrected chi connectivity index (χ0v) is 18.6. The predicted molar refractivity (Wildman–Crippen MR) is 118 cm³/mol. The number of rotatable bonds is 6. The molecule has 1 N–H and O–H groups in total. The Bertz CT molecular complexity index is 900. The minimum Gasteiger partial charge on any atom is -0.473 e. The van der Waals surface area contributed by atoms with Crippen LogP contribution in [0.4, 0.5) is 14.5 Å². The van der Waals surface area contributed by atoms with E-state index in [1.165, 1.54) is 0 Å². The summed E-state index contributed by atoms with van der Waals surface area (Å²) in [6.07, 6.45) is 0.116. The van der Waals surface area contributed by atoms with Crippen molar-refractivity contribution in [1.82, 2.24) is 10.3 Å². The van der Waals surface area contributed by atoms with Gasteiger partial charge in [0.2, 0.25) is 11.8 Å². The maximum absolute atomic E-state index is 13.1. The molecule has 2 saturated heterocycles. The van der Waals surface area contributed by atoms with Crippen molar-refractivity contribution in [2.24, 2.45) is 5.41 Å².